The maximum atomic E-state index is 12.6. The average Bonchev–Trinajstić information content (AvgIpc) is 2.80. The Morgan fingerprint density at radius 1 is 1.50 bits per heavy atom. The van der Waals surface area contributed by atoms with Gasteiger partial charge in [0.15, 0.2) is 0 Å². The van der Waals surface area contributed by atoms with Gasteiger partial charge < -0.3 is 10.2 Å². The molecule has 2 rings (SSSR count). The molecule has 0 saturated heterocycles. The van der Waals surface area contributed by atoms with Crippen molar-refractivity contribution in [2.45, 2.75) is 19.8 Å². The van der Waals surface area contributed by atoms with Gasteiger partial charge in [-0.2, -0.15) is 5.10 Å². The summed E-state index contributed by atoms with van der Waals surface area (Å²) in [6.45, 7) is 3.03. The third-order valence-electron chi connectivity index (χ3n) is 3.51. The molecule has 0 spiro atoms. The monoisotopic (exact) mass is 284 g/mol. The minimum atomic E-state index is -2.67. The van der Waals surface area contributed by atoms with Crippen molar-refractivity contribution in [3.8, 4) is 0 Å². The molecular formula is C13H18F2N4O. The van der Waals surface area contributed by atoms with Crippen molar-refractivity contribution in [2.75, 3.05) is 20.1 Å². The van der Waals surface area contributed by atoms with E-state index in [2.05, 4.69) is 10.4 Å². The van der Waals surface area contributed by atoms with E-state index in [1.165, 1.54) is 17.8 Å². The van der Waals surface area contributed by atoms with Crippen LogP contribution >= 0.6 is 0 Å². The summed E-state index contributed by atoms with van der Waals surface area (Å²) < 4.78 is 26.4. The Bertz CT molecular complexity index is 551. The predicted molar refractivity (Wildman–Crippen MR) is 70.4 cm³/mol. The van der Waals surface area contributed by atoms with Crippen LogP contribution in [0.25, 0.3) is 0 Å². The zero-order chi connectivity index (χ0) is 14.9. The molecule has 1 aromatic rings. The average molecular weight is 284 g/mol. The minimum Gasteiger partial charge on any atom is -0.391 e. The topological polar surface area (TPSA) is 50.2 Å². The van der Waals surface area contributed by atoms with Gasteiger partial charge >= 0.3 is 0 Å². The summed E-state index contributed by atoms with van der Waals surface area (Å²) in [5.74, 6) is -0.263. The summed E-state index contributed by atoms with van der Waals surface area (Å²) in [6, 6.07) is 1.17. The van der Waals surface area contributed by atoms with Crippen LogP contribution in [0, 0.1) is 0 Å². The molecule has 1 N–H and O–H groups in total. The molecule has 1 aromatic heterocycles. The van der Waals surface area contributed by atoms with E-state index in [0.29, 0.717) is 13.1 Å². The number of rotatable bonds is 3. The van der Waals surface area contributed by atoms with Crippen LogP contribution in [0.4, 0.5) is 8.78 Å². The van der Waals surface area contributed by atoms with Gasteiger partial charge in [-0.1, -0.05) is 0 Å². The number of amides is 1. The van der Waals surface area contributed by atoms with Gasteiger partial charge in [0.1, 0.15) is 11.4 Å². The highest BCUT2D eigenvalue weighted by molar-refractivity contribution is 5.93. The van der Waals surface area contributed by atoms with Crippen LogP contribution in [0.15, 0.2) is 17.3 Å². The fourth-order valence-electron chi connectivity index (χ4n) is 2.39. The molecule has 110 valence electrons. The highest BCUT2D eigenvalue weighted by Crippen LogP contribution is 2.21. The molecule has 20 heavy (non-hydrogen) atoms. The number of aromatic nitrogens is 2. The van der Waals surface area contributed by atoms with Gasteiger partial charge in [-0.05, 0) is 18.6 Å². The van der Waals surface area contributed by atoms with Crippen molar-refractivity contribution >= 4 is 5.91 Å². The Kier molecular flexibility index (Phi) is 4.06. The molecule has 1 amide bonds. The molecule has 5 nitrogen and oxygen atoms in total. The molecule has 0 bridgehead atoms. The van der Waals surface area contributed by atoms with Crippen LogP contribution in [0.3, 0.4) is 0 Å². The van der Waals surface area contributed by atoms with Gasteiger partial charge in [0.05, 0.1) is 0 Å². The largest absolute Gasteiger partial charge is 0.391 e. The molecular weight excluding hydrogens is 266 g/mol. The summed E-state index contributed by atoms with van der Waals surface area (Å²) in [5, 5.41) is 6.78. The number of nitrogens with one attached hydrogen (secondary N) is 1. The van der Waals surface area contributed by atoms with Crippen LogP contribution < -0.4 is 5.32 Å². The Morgan fingerprint density at radius 2 is 2.20 bits per heavy atom. The fourth-order valence-corrected chi connectivity index (χ4v) is 2.39. The first-order chi connectivity index (χ1) is 9.43. The zero-order valence-corrected chi connectivity index (χ0v) is 11.8. The number of hydrogen-bond donors (Lipinski definition) is 1. The molecule has 0 aliphatic carbocycles. The summed E-state index contributed by atoms with van der Waals surface area (Å²) in [6.07, 6.45) is -1.92. The van der Waals surface area contributed by atoms with Crippen LogP contribution in [0.5, 0.6) is 0 Å². The first kappa shape index (κ1) is 14.5. The Labute approximate surface area is 116 Å². The van der Waals surface area contributed by atoms with Gasteiger partial charge in [0.25, 0.3) is 12.3 Å². The summed E-state index contributed by atoms with van der Waals surface area (Å²) >= 11 is 0. The van der Waals surface area contributed by atoms with Crippen LogP contribution in [0.2, 0.25) is 0 Å². The van der Waals surface area contributed by atoms with Gasteiger partial charge in [0.2, 0.25) is 0 Å². The number of alkyl halides is 2. The van der Waals surface area contributed by atoms with E-state index in [0.717, 1.165) is 17.7 Å². The second kappa shape index (κ2) is 5.60. The second-order valence-electron chi connectivity index (χ2n) is 4.86. The van der Waals surface area contributed by atoms with Crippen molar-refractivity contribution in [1.82, 2.24) is 20.0 Å². The normalized spacial score (nSPS) is 16.0. The van der Waals surface area contributed by atoms with Crippen molar-refractivity contribution in [3.05, 3.63) is 28.7 Å². The molecule has 0 atom stereocenters. The fraction of sp³-hybridized carbons (Fsp3) is 0.538. The molecule has 0 aromatic carbocycles. The lowest BCUT2D eigenvalue weighted by Gasteiger charge is -2.29. The molecule has 0 fully saturated rings. The second-order valence-corrected chi connectivity index (χ2v) is 4.86. The van der Waals surface area contributed by atoms with Crippen molar-refractivity contribution in [3.63, 3.8) is 0 Å². The summed E-state index contributed by atoms with van der Waals surface area (Å²) in [7, 11) is 3.36. The molecule has 0 unspecified atom stereocenters. The Morgan fingerprint density at radius 3 is 2.70 bits per heavy atom. The van der Waals surface area contributed by atoms with Crippen molar-refractivity contribution in [1.29, 1.82) is 0 Å². The van der Waals surface area contributed by atoms with Crippen LogP contribution in [0.1, 0.15) is 36.0 Å². The van der Waals surface area contributed by atoms with Gasteiger partial charge in [-0.3, -0.25) is 9.48 Å². The first-order valence-corrected chi connectivity index (χ1v) is 6.41. The molecule has 0 radical (unpaired) electrons. The number of hydrogen-bond acceptors (Lipinski definition) is 3. The number of carbonyl (C=O) groups excluding carboxylic acids is 1. The number of nitrogens with zero attached hydrogens (tertiary/aromatic N) is 3. The van der Waals surface area contributed by atoms with Crippen LogP contribution in [-0.2, 0) is 7.05 Å². The molecule has 0 saturated carbocycles. The van der Waals surface area contributed by atoms with E-state index in [9.17, 15) is 13.6 Å². The third kappa shape index (κ3) is 2.66. The Hall–Kier alpha value is -1.92. The molecule has 1 aliphatic heterocycles. The van der Waals surface area contributed by atoms with Crippen molar-refractivity contribution < 1.29 is 13.6 Å². The zero-order valence-electron chi connectivity index (χ0n) is 11.8. The van der Waals surface area contributed by atoms with E-state index in [-0.39, 0.29) is 17.3 Å². The number of carbonyl (C=O) groups is 1. The van der Waals surface area contributed by atoms with Crippen molar-refractivity contribution in [2.24, 2.45) is 7.05 Å². The third-order valence-corrected chi connectivity index (χ3v) is 3.51. The highest BCUT2D eigenvalue weighted by atomic mass is 19.3. The molecule has 7 heteroatoms. The summed E-state index contributed by atoms with van der Waals surface area (Å²) in [5.41, 5.74) is 2.05. The molecule has 2 heterocycles. The maximum Gasteiger partial charge on any atom is 0.282 e. The van der Waals surface area contributed by atoms with Crippen LogP contribution in [-0.4, -0.2) is 40.7 Å². The number of halogens is 2. The lowest BCUT2D eigenvalue weighted by Crippen LogP contribution is -2.39. The lowest BCUT2D eigenvalue weighted by molar-refractivity contribution is 0.0751. The smallest absolute Gasteiger partial charge is 0.282 e. The van der Waals surface area contributed by atoms with E-state index in [1.54, 1.807) is 4.90 Å². The first-order valence-electron chi connectivity index (χ1n) is 6.41. The molecule has 1 aliphatic rings. The quantitative estimate of drug-likeness (QED) is 0.919. The lowest BCUT2D eigenvalue weighted by atomic mass is 10.1. The highest BCUT2D eigenvalue weighted by Gasteiger charge is 2.25. The summed E-state index contributed by atoms with van der Waals surface area (Å²) in [4.78, 5) is 14.0. The predicted octanol–water partition coefficient (Wildman–Crippen LogP) is 1.70. The van der Waals surface area contributed by atoms with Gasteiger partial charge in [0, 0.05) is 39.3 Å². The number of aryl methyl sites for hydroxylation is 1. The van der Waals surface area contributed by atoms with E-state index in [4.69, 9.17) is 0 Å². The van der Waals surface area contributed by atoms with E-state index in [1.807, 2.05) is 14.0 Å². The van der Waals surface area contributed by atoms with E-state index < -0.39 is 6.43 Å². The minimum absolute atomic E-state index is 0.195. The standard InChI is InChI=1S/C13H18F2N4O/c1-8-7-19(5-4-9(8)16-2)13(20)11-6-10(12(14)15)17-18(11)3/h6,12,16H,4-5,7H2,1-3H3. The Balaban J connectivity index is 2.19. The SMILES string of the molecule is CNC1=C(C)CN(C(=O)c2cc(C(F)F)nn2C)CC1. The van der Waals surface area contributed by atoms with Gasteiger partial charge in [-0.15, -0.1) is 0 Å². The van der Waals surface area contributed by atoms with E-state index >= 15 is 0 Å². The van der Waals surface area contributed by atoms with Gasteiger partial charge in [-0.25, -0.2) is 8.78 Å². The maximum absolute atomic E-state index is 12.6.